The number of nitrogens with zero attached hydrogens (tertiary/aromatic N) is 1. The summed E-state index contributed by atoms with van der Waals surface area (Å²) < 4.78 is 5.77. The van der Waals surface area contributed by atoms with Crippen LogP contribution >= 0.6 is 0 Å². The van der Waals surface area contributed by atoms with Crippen LogP contribution in [0.25, 0.3) is 11.1 Å². The van der Waals surface area contributed by atoms with E-state index in [9.17, 15) is 0 Å². The van der Waals surface area contributed by atoms with Crippen LogP contribution in [0.2, 0.25) is 0 Å². The summed E-state index contributed by atoms with van der Waals surface area (Å²) in [5, 5.41) is 0. The fourth-order valence-electron chi connectivity index (χ4n) is 1.82. The lowest BCUT2D eigenvalue weighted by molar-refractivity contribution is 0.513. The molecule has 0 bridgehead atoms. The number of benzene rings is 1. The number of para-hydroxylation sites is 1. The maximum atomic E-state index is 5.77. The average molecular weight is 218 g/mol. The van der Waals surface area contributed by atoms with Crippen molar-refractivity contribution in [3.8, 4) is 0 Å². The van der Waals surface area contributed by atoms with Crippen molar-refractivity contribution in [2.45, 2.75) is 32.6 Å². The standard InChI is InChI=1S/C13H18N2O/c1-13(2,3)9-5-4-6-10-12(9)16-11(15-10)7-8-14/h4-6H,7-8,14H2,1-3H3. The van der Waals surface area contributed by atoms with Gasteiger partial charge in [-0.15, -0.1) is 0 Å². The molecule has 0 fully saturated rings. The molecule has 3 nitrogen and oxygen atoms in total. The first-order chi connectivity index (χ1) is 7.52. The number of hydrogen-bond acceptors (Lipinski definition) is 3. The SMILES string of the molecule is CC(C)(C)c1cccc2nc(CCN)oc12. The Morgan fingerprint density at radius 2 is 2.06 bits per heavy atom. The van der Waals surface area contributed by atoms with E-state index < -0.39 is 0 Å². The predicted molar refractivity (Wildman–Crippen MR) is 65.5 cm³/mol. The van der Waals surface area contributed by atoms with Gasteiger partial charge in [0.2, 0.25) is 0 Å². The van der Waals surface area contributed by atoms with E-state index in [2.05, 4.69) is 31.8 Å². The highest BCUT2D eigenvalue weighted by molar-refractivity contribution is 5.77. The molecule has 0 saturated heterocycles. The molecular formula is C13H18N2O. The van der Waals surface area contributed by atoms with Crippen LogP contribution < -0.4 is 5.73 Å². The van der Waals surface area contributed by atoms with Gasteiger partial charge in [-0.05, 0) is 11.5 Å². The molecule has 1 heterocycles. The van der Waals surface area contributed by atoms with Crippen LogP contribution in [0.1, 0.15) is 32.2 Å². The summed E-state index contributed by atoms with van der Waals surface area (Å²) in [6, 6.07) is 6.10. The molecule has 2 aromatic rings. The van der Waals surface area contributed by atoms with E-state index in [1.807, 2.05) is 12.1 Å². The number of fused-ring (bicyclic) bond motifs is 1. The van der Waals surface area contributed by atoms with E-state index in [0.29, 0.717) is 13.0 Å². The minimum absolute atomic E-state index is 0.0685. The molecule has 0 unspecified atom stereocenters. The molecule has 0 radical (unpaired) electrons. The van der Waals surface area contributed by atoms with Crippen LogP contribution in [-0.4, -0.2) is 11.5 Å². The fourth-order valence-corrected chi connectivity index (χ4v) is 1.82. The molecule has 0 atom stereocenters. The highest BCUT2D eigenvalue weighted by atomic mass is 16.3. The second kappa shape index (κ2) is 3.91. The Hall–Kier alpha value is -1.35. The van der Waals surface area contributed by atoms with Gasteiger partial charge in [-0.1, -0.05) is 32.9 Å². The van der Waals surface area contributed by atoms with Crippen molar-refractivity contribution in [1.82, 2.24) is 4.98 Å². The van der Waals surface area contributed by atoms with Gasteiger partial charge < -0.3 is 10.2 Å². The van der Waals surface area contributed by atoms with E-state index in [0.717, 1.165) is 17.0 Å². The van der Waals surface area contributed by atoms with Gasteiger partial charge in [0, 0.05) is 18.5 Å². The quantitative estimate of drug-likeness (QED) is 0.843. The van der Waals surface area contributed by atoms with Crippen molar-refractivity contribution >= 4 is 11.1 Å². The lowest BCUT2D eigenvalue weighted by Gasteiger charge is -2.18. The minimum atomic E-state index is 0.0685. The van der Waals surface area contributed by atoms with Gasteiger partial charge >= 0.3 is 0 Å². The molecule has 86 valence electrons. The van der Waals surface area contributed by atoms with Gasteiger partial charge in [-0.2, -0.15) is 0 Å². The first-order valence-corrected chi connectivity index (χ1v) is 5.61. The van der Waals surface area contributed by atoms with Gasteiger partial charge in [0.1, 0.15) is 5.52 Å². The van der Waals surface area contributed by atoms with Crippen molar-refractivity contribution in [2.75, 3.05) is 6.54 Å². The van der Waals surface area contributed by atoms with Crippen LogP contribution in [0.4, 0.5) is 0 Å². The van der Waals surface area contributed by atoms with Crippen LogP contribution in [0.5, 0.6) is 0 Å². The summed E-state index contributed by atoms with van der Waals surface area (Å²) in [5.74, 6) is 0.731. The number of oxazole rings is 1. The van der Waals surface area contributed by atoms with Gasteiger partial charge in [0.25, 0.3) is 0 Å². The lowest BCUT2D eigenvalue weighted by Crippen LogP contribution is -2.11. The summed E-state index contributed by atoms with van der Waals surface area (Å²) >= 11 is 0. The van der Waals surface area contributed by atoms with Gasteiger partial charge in [-0.25, -0.2) is 4.98 Å². The molecule has 16 heavy (non-hydrogen) atoms. The molecule has 0 spiro atoms. The molecular weight excluding hydrogens is 200 g/mol. The second-order valence-electron chi connectivity index (χ2n) is 5.05. The Kier molecular flexibility index (Phi) is 2.72. The molecule has 2 N–H and O–H groups in total. The molecule has 1 aromatic carbocycles. The van der Waals surface area contributed by atoms with Crippen molar-refractivity contribution in [1.29, 1.82) is 0 Å². The first kappa shape index (κ1) is 11.1. The van der Waals surface area contributed by atoms with E-state index in [1.54, 1.807) is 0 Å². The zero-order valence-corrected chi connectivity index (χ0v) is 10.1. The predicted octanol–water partition coefficient (Wildman–Crippen LogP) is 2.63. The van der Waals surface area contributed by atoms with Crippen molar-refractivity contribution < 1.29 is 4.42 Å². The maximum absolute atomic E-state index is 5.77. The third kappa shape index (κ3) is 1.95. The Morgan fingerprint density at radius 1 is 1.31 bits per heavy atom. The Balaban J connectivity index is 2.59. The zero-order valence-electron chi connectivity index (χ0n) is 10.1. The summed E-state index contributed by atoms with van der Waals surface area (Å²) in [6.45, 7) is 7.09. The first-order valence-electron chi connectivity index (χ1n) is 5.61. The molecule has 2 rings (SSSR count). The van der Waals surface area contributed by atoms with E-state index in [1.165, 1.54) is 5.56 Å². The minimum Gasteiger partial charge on any atom is -0.440 e. The average Bonchev–Trinajstić information content (AvgIpc) is 2.58. The van der Waals surface area contributed by atoms with E-state index in [-0.39, 0.29) is 5.41 Å². The molecule has 1 aromatic heterocycles. The summed E-state index contributed by atoms with van der Waals surface area (Å²) in [6.07, 6.45) is 0.693. The van der Waals surface area contributed by atoms with Gasteiger partial charge in [0.15, 0.2) is 11.5 Å². The van der Waals surface area contributed by atoms with Crippen LogP contribution in [0.3, 0.4) is 0 Å². The molecule has 0 amide bonds. The Labute approximate surface area is 95.7 Å². The third-order valence-corrected chi connectivity index (χ3v) is 2.63. The number of hydrogen-bond donors (Lipinski definition) is 1. The number of aromatic nitrogens is 1. The van der Waals surface area contributed by atoms with Crippen LogP contribution in [0, 0.1) is 0 Å². The normalized spacial score (nSPS) is 12.2. The van der Waals surface area contributed by atoms with E-state index in [4.69, 9.17) is 10.2 Å². The third-order valence-electron chi connectivity index (χ3n) is 2.63. The lowest BCUT2D eigenvalue weighted by atomic mass is 9.86. The zero-order chi connectivity index (χ0) is 11.8. The molecule has 0 saturated carbocycles. The maximum Gasteiger partial charge on any atom is 0.196 e. The fraction of sp³-hybridized carbons (Fsp3) is 0.462. The van der Waals surface area contributed by atoms with Crippen molar-refractivity contribution in [2.24, 2.45) is 5.73 Å². The largest absolute Gasteiger partial charge is 0.440 e. The van der Waals surface area contributed by atoms with Gasteiger partial charge in [0.05, 0.1) is 0 Å². The highest BCUT2D eigenvalue weighted by Gasteiger charge is 2.19. The van der Waals surface area contributed by atoms with Gasteiger partial charge in [-0.3, -0.25) is 0 Å². The number of rotatable bonds is 2. The molecule has 0 aliphatic rings. The van der Waals surface area contributed by atoms with Crippen LogP contribution in [0.15, 0.2) is 22.6 Å². The molecule has 0 aliphatic heterocycles. The monoisotopic (exact) mass is 218 g/mol. The van der Waals surface area contributed by atoms with Crippen molar-refractivity contribution in [3.05, 3.63) is 29.7 Å². The highest BCUT2D eigenvalue weighted by Crippen LogP contribution is 2.30. The van der Waals surface area contributed by atoms with E-state index >= 15 is 0 Å². The molecule has 3 heteroatoms. The Bertz CT molecular complexity index is 494. The molecule has 0 aliphatic carbocycles. The topological polar surface area (TPSA) is 52.0 Å². The summed E-state index contributed by atoms with van der Waals surface area (Å²) in [5.41, 5.74) is 8.60. The van der Waals surface area contributed by atoms with Crippen LogP contribution in [-0.2, 0) is 11.8 Å². The van der Waals surface area contributed by atoms with Crippen molar-refractivity contribution in [3.63, 3.8) is 0 Å². The Morgan fingerprint density at radius 3 is 2.69 bits per heavy atom. The summed E-state index contributed by atoms with van der Waals surface area (Å²) in [4.78, 5) is 4.43. The second-order valence-corrected chi connectivity index (χ2v) is 5.05. The number of nitrogens with two attached hydrogens (primary N) is 1. The summed E-state index contributed by atoms with van der Waals surface area (Å²) in [7, 11) is 0. The smallest absolute Gasteiger partial charge is 0.196 e.